The molecule has 0 bridgehead atoms. The minimum absolute atomic E-state index is 0. The van der Waals surface area contributed by atoms with Crippen LogP contribution in [0.3, 0.4) is 0 Å². The Morgan fingerprint density at radius 1 is 1.16 bits per heavy atom. The summed E-state index contributed by atoms with van der Waals surface area (Å²) in [6.45, 7) is 3.87. The molecule has 1 aromatic rings. The Labute approximate surface area is 167 Å². The molecule has 0 radical (unpaired) electrons. The predicted octanol–water partition coefficient (Wildman–Crippen LogP) is 2.36. The van der Waals surface area contributed by atoms with Crippen molar-refractivity contribution in [3.8, 4) is 0 Å². The Bertz CT molecular complexity index is 494. The number of piperidine rings is 1. The van der Waals surface area contributed by atoms with Crippen molar-refractivity contribution < 1.29 is 4.79 Å². The van der Waals surface area contributed by atoms with E-state index in [9.17, 15) is 4.79 Å². The molecule has 2 heterocycles. The maximum Gasteiger partial charge on any atom is 0.240 e. The van der Waals surface area contributed by atoms with E-state index in [0.29, 0.717) is 6.04 Å². The van der Waals surface area contributed by atoms with E-state index in [4.69, 9.17) is 0 Å². The lowest BCUT2D eigenvalue weighted by Crippen LogP contribution is -2.54. The first-order valence-corrected chi connectivity index (χ1v) is 9.85. The van der Waals surface area contributed by atoms with Crippen molar-refractivity contribution in [1.82, 2.24) is 15.5 Å². The van der Waals surface area contributed by atoms with Crippen LogP contribution in [-0.2, 0) is 11.2 Å². The summed E-state index contributed by atoms with van der Waals surface area (Å²) in [5, 5.41) is 7.06. The van der Waals surface area contributed by atoms with E-state index < -0.39 is 0 Å². The molecule has 0 unspecified atom stereocenters. The molecule has 7 heteroatoms. The molecule has 1 amide bonds. The third-order valence-corrected chi connectivity index (χ3v) is 5.62. The normalized spacial score (nSPS) is 19.4. The van der Waals surface area contributed by atoms with Crippen LogP contribution >= 0.6 is 36.6 Å². The molecule has 0 aromatic heterocycles. The monoisotopic (exact) mass is 405 g/mol. The second-order valence-corrected chi connectivity index (χ2v) is 7.60. The second kappa shape index (κ2) is 12.0. The van der Waals surface area contributed by atoms with Gasteiger partial charge in [0.25, 0.3) is 0 Å². The number of carbonyl (C=O) groups excluding carboxylic acids is 1. The van der Waals surface area contributed by atoms with Crippen LogP contribution < -0.4 is 10.6 Å². The third kappa shape index (κ3) is 6.99. The Balaban J connectivity index is 0.00000156. The number of nitrogens with one attached hydrogen (secondary N) is 2. The predicted molar refractivity (Wildman–Crippen MR) is 111 cm³/mol. The first-order valence-electron chi connectivity index (χ1n) is 8.70. The summed E-state index contributed by atoms with van der Waals surface area (Å²) < 4.78 is 0. The van der Waals surface area contributed by atoms with E-state index in [1.54, 1.807) is 0 Å². The zero-order valence-electron chi connectivity index (χ0n) is 14.5. The molecule has 2 fully saturated rings. The number of rotatable bonds is 5. The van der Waals surface area contributed by atoms with Gasteiger partial charge in [0.1, 0.15) is 0 Å². The van der Waals surface area contributed by atoms with Gasteiger partial charge in [-0.15, -0.1) is 24.8 Å². The van der Waals surface area contributed by atoms with Gasteiger partial charge in [-0.1, -0.05) is 30.3 Å². The van der Waals surface area contributed by atoms with Crippen LogP contribution in [-0.4, -0.2) is 60.6 Å². The lowest BCUT2D eigenvalue weighted by Gasteiger charge is -2.33. The molecular formula is C18H29Cl2N3OS. The molecule has 2 aliphatic heterocycles. The minimum Gasteiger partial charge on any atom is -0.340 e. The third-order valence-electron chi connectivity index (χ3n) is 4.68. The van der Waals surface area contributed by atoms with Crippen LogP contribution in [0.4, 0.5) is 0 Å². The Hall–Kier alpha value is -0.460. The van der Waals surface area contributed by atoms with Crippen molar-refractivity contribution in [2.45, 2.75) is 31.3 Å². The SMILES string of the molecule is Cl.Cl.O=C([C@H](Cc1ccccc1)NC1CCNCC1)N1CCSCC1. The Morgan fingerprint density at radius 3 is 2.44 bits per heavy atom. The molecule has 2 aliphatic rings. The van der Waals surface area contributed by atoms with E-state index in [-0.39, 0.29) is 36.8 Å². The summed E-state index contributed by atoms with van der Waals surface area (Å²) in [6, 6.07) is 10.7. The zero-order chi connectivity index (χ0) is 15.9. The quantitative estimate of drug-likeness (QED) is 0.788. The lowest BCUT2D eigenvalue weighted by molar-refractivity contribution is -0.133. The van der Waals surface area contributed by atoms with Crippen molar-refractivity contribution in [3.63, 3.8) is 0 Å². The summed E-state index contributed by atoms with van der Waals surface area (Å²) in [4.78, 5) is 15.1. The fourth-order valence-electron chi connectivity index (χ4n) is 3.34. The van der Waals surface area contributed by atoms with Crippen molar-refractivity contribution >= 4 is 42.5 Å². The van der Waals surface area contributed by atoms with Gasteiger partial charge in [-0.05, 0) is 37.9 Å². The molecule has 3 rings (SSSR count). The van der Waals surface area contributed by atoms with Crippen molar-refractivity contribution in [1.29, 1.82) is 0 Å². The number of halogens is 2. The van der Waals surface area contributed by atoms with Crippen molar-refractivity contribution in [3.05, 3.63) is 35.9 Å². The number of thioether (sulfide) groups is 1. The van der Waals surface area contributed by atoms with Crippen LogP contribution in [0.5, 0.6) is 0 Å². The average Bonchev–Trinajstić information content (AvgIpc) is 2.63. The van der Waals surface area contributed by atoms with Gasteiger partial charge in [0.05, 0.1) is 6.04 Å². The maximum atomic E-state index is 13.0. The highest BCUT2D eigenvalue weighted by Gasteiger charge is 2.28. The molecule has 0 saturated carbocycles. The van der Waals surface area contributed by atoms with Gasteiger partial charge in [-0.25, -0.2) is 0 Å². The van der Waals surface area contributed by atoms with Gasteiger partial charge in [0.2, 0.25) is 5.91 Å². The van der Waals surface area contributed by atoms with Crippen molar-refractivity contribution in [2.24, 2.45) is 0 Å². The molecule has 1 atom stereocenters. The van der Waals surface area contributed by atoms with E-state index in [1.165, 1.54) is 5.56 Å². The lowest BCUT2D eigenvalue weighted by atomic mass is 10.0. The number of benzene rings is 1. The van der Waals surface area contributed by atoms with E-state index in [2.05, 4.69) is 39.8 Å². The van der Waals surface area contributed by atoms with Crippen molar-refractivity contribution in [2.75, 3.05) is 37.7 Å². The molecule has 0 spiro atoms. The molecule has 0 aliphatic carbocycles. The number of amides is 1. The average molecular weight is 406 g/mol. The van der Waals surface area contributed by atoms with E-state index in [0.717, 1.165) is 56.9 Å². The van der Waals surface area contributed by atoms with Gasteiger partial charge in [0.15, 0.2) is 0 Å². The maximum absolute atomic E-state index is 13.0. The highest BCUT2D eigenvalue weighted by molar-refractivity contribution is 7.99. The topological polar surface area (TPSA) is 44.4 Å². The summed E-state index contributed by atoms with van der Waals surface area (Å²) in [5.41, 5.74) is 1.23. The highest BCUT2D eigenvalue weighted by atomic mass is 35.5. The van der Waals surface area contributed by atoms with Crippen LogP contribution in [0.25, 0.3) is 0 Å². The van der Waals surface area contributed by atoms with Crippen LogP contribution in [0.15, 0.2) is 30.3 Å². The van der Waals surface area contributed by atoms with E-state index >= 15 is 0 Å². The number of carbonyl (C=O) groups is 1. The summed E-state index contributed by atoms with van der Waals surface area (Å²) in [6.07, 6.45) is 3.00. The van der Waals surface area contributed by atoms with Gasteiger partial charge in [-0.3, -0.25) is 4.79 Å². The van der Waals surface area contributed by atoms with Gasteiger partial charge >= 0.3 is 0 Å². The van der Waals surface area contributed by atoms with Gasteiger partial charge in [0, 0.05) is 30.6 Å². The second-order valence-electron chi connectivity index (χ2n) is 6.37. The number of hydrogen-bond acceptors (Lipinski definition) is 4. The highest BCUT2D eigenvalue weighted by Crippen LogP contribution is 2.14. The summed E-state index contributed by atoms with van der Waals surface area (Å²) in [7, 11) is 0. The molecular weight excluding hydrogens is 377 g/mol. The van der Waals surface area contributed by atoms with E-state index in [1.807, 2.05) is 17.8 Å². The molecule has 4 nitrogen and oxygen atoms in total. The standard InChI is InChI=1S/C18H27N3OS.2ClH/c22-18(21-10-12-23-13-11-21)17(14-15-4-2-1-3-5-15)20-16-6-8-19-9-7-16;;/h1-5,16-17,19-20H,6-14H2;2*1H/t17-;;/m0../s1. The van der Waals surface area contributed by atoms with Crippen LogP contribution in [0.2, 0.25) is 0 Å². The smallest absolute Gasteiger partial charge is 0.240 e. The van der Waals surface area contributed by atoms with Crippen LogP contribution in [0, 0.1) is 0 Å². The van der Waals surface area contributed by atoms with Gasteiger partial charge < -0.3 is 15.5 Å². The number of hydrogen-bond donors (Lipinski definition) is 2. The summed E-state index contributed by atoms with van der Waals surface area (Å²) in [5.74, 6) is 2.42. The molecule has 2 saturated heterocycles. The van der Waals surface area contributed by atoms with Gasteiger partial charge in [-0.2, -0.15) is 11.8 Å². The molecule has 142 valence electrons. The molecule has 25 heavy (non-hydrogen) atoms. The first-order chi connectivity index (χ1) is 11.3. The fraction of sp³-hybridized carbons (Fsp3) is 0.611. The largest absolute Gasteiger partial charge is 0.340 e. The molecule has 2 N–H and O–H groups in total. The fourth-order valence-corrected chi connectivity index (χ4v) is 4.25. The minimum atomic E-state index is -0.0939. The Kier molecular flexibility index (Phi) is 10.9. The zero-order valence-corrected chi connectivity index (χ0v) is 16.9. The van der Waals surface area contributed by atoms with Crippen LogP contribution in [0.1, 0.15) is 18.4 Å². The summed E-state index contributed by atoms with van der Waals surface area (Å²) >= 11 is 1.94. The number of nitrogens with zero attached hydrogens (tertiary/aromatic N) is 1. The Morgan fingerprint density at radius 2 is 1.80 bits per heavy atom. The first kappa shape index (κ1) is 22.6. The molecule has 1 aromatic carbocycles.